The fourth-order valence-electron chi connectivity index (χ4n) is 3.81. The van der Waals surface area contributed by atoms with E-state index < -0.39 is 0 Å². The van der Waals surface area contributed by atoms with Gasteiger partial charge in [0.15, 0.2) is 0 Å². The van der Waals surface area contributed by atoms with Gasteiger partial charge in [-0.15, -0.1) is 0 Å². The zero-order valence-electron chi connectivity index (χ0n) is 14.3. The monoisotopic (exact) mass is 333 g/mol. The normalized spacial score (nSPS) is 27.2. The summed E-state index contributed by atoms with van der Waals surface area (Å²) in [6.07, 6.45) is 2.67. The summed E-state index contributed by atoms with van der Waals surface area (Å²) in [5.74, 6) is 1.01. The quantitative estimate of drug-likeness (QED) is 0.895. The van der Waals surface area contributed by atoms with Gasteiger partial charge >= 0.3 is 0 Å². The van der Waals surface area contributed by atoms with E-state index in [0.717, 1.165) is 30.7 Å². The standard InChI is InChI=1S/C19H27NO4/c1-2-24-15-7-5-14(6-8-15)12-19(22)20-10-3-4-17(20)16-13-23-11-9-18(16)21/h5-8,16-18,21H,2-4,9-13H2,1H3/t16-,17-,18+/m1/s1. The number of nitrogens with zero attached hydrogens (tertiary/aromatic N) is 1. The van der Waals surface area contributed by atoms with E-state index in [9.17, 15) is 9.90 Å². The Bertz CT molecular complexity index is 545. The van der Waals surface area contributed by atoms with Gasteiger partial charge in [-0.25, -0.2) is 0 Å². The molecule has 0 aromatic heterocycles. The second kappa shape index (κ2) is 7.99. The molecule has 3 atom stereocenters. The number of benzene rings is 1. The van der Waals surface area contributed by atoms with Gasteiger partial charge in [0, 0.05) is 25.1 Å². The Morgan fingerprint density at radius 3 is 2.83 bits per heavy atom. The SMILES string of the molecule is CCOc1ccc(CC(=O)N2CCC[C@@H]2[C@H]2COCC[C@@H]2O)cc1. The first-order valence-corrected chi connectivity index (χ1v) is 8.96. The number of carbonyl (C=O) groups is 1. The Kier molecular flexibility index (Phi) is 5.74. The summed E-state index contributed by atoms with van der Waals surface area (Å²) in [5, 5.41) is 10.3. The van der Waals surface area contributed by atoms with Crippen LogP contribution in [0.1, 0.15) is 31.7 Å². The molecule has 24 heavy (non-hydrogen) atoms. The lowest BCUT2D eigenvalue weighted by molar-refractivity contribution is -0.135. The van der Waals surface area contributed by atoms with Crippen molar-refractivity contribution in [2.75, 3.05) is 26.4 Å². The number of carbonyl (C=O) groups excluding carboxylic acids is 1. The van der Waals surface area contributed by atoms with Crippen LogP contribution < -0.4 is 4.74 Å². The van der Waals surface area contributed by atoms with E-state index >= 15 is 0 Å². The van der Waals surface area contributed by atoms with Crippen molar-refractivity contribution in [3.05, 3.63) is 29.8 Å². The third-order valence-electron chi connectivity index (χ3n) is 5.07. The third kappa shape index (κ3) is 3.90. The first-order chi connectivity index (χ1) is 11.7. The molecule has 2 aliphatic heterocycles. The molecule has 2 fully saturated rings. The van der Waals surface area contributed by atoms with Crippen LogP contribution in [0.15, 0.2) is 24.3 Å². The summed E-state index contributed by atoms with van der Waals surface area (Å²) in [4.78, 5) is 14.7. The average molecular weight is 333 g/mol. The van der Waals surface area contributed by atoms with Crippen molar-refractivity contribution in [1.29, 1.82) is 0 Å². The number of hydrogen-bond acceptors (Lipinski definition) is 4. The molecule has 2 heterocycles. The maximum atomic E-state index is 12.8. The number of ether oxygens (including phenoxy) is 2. The van der Waals surface area contributed by atoms with Crippen LogP contribution in [0.25, 0.3) is 0 Å². The summed E-state index contributed by atoms with van der Waals surface area (Å²) in [6.45, 7) is 4.54. The van der Waals surface area contributed by atoms with E-state index in [-0.39, 0.29) is 24.0 Å². The van der Waals surface area contributed by atoms with Gasteiger partial charge in [-0.2, -0.15) is 0 Å². The zero-order valence-corrected chi connectivity index (χ0v) is 14.3. The number of rotatable bonds is 5. The highest BCUT2D eigenvalue weighted by molar-refractivity contribution is 5.79. The van der Waals surface area contributed by atoms with Gasteiger partial charge in [-0.3, -0.25) is 4.79 Å². The minimum atomic E-state index is -0.359. The fourth-order valence-corrected chi connectivity index (χ4v) is 3.81. The molecule has 3 rings (SSSR count). The Morgan fingerprint density at radius 1 is 1.33 bits per heavy atom. The smallest absolute Gasteiger partial charge is 0.227 e. The van der Waals surface area contributed by atoms with Gasteiger partial charge < -0.3 is 19.5 Å². The predicted octanol–water partition coefficient (Wildman–Crippen LogP) is 2.02. The lowest BCUT2D eigenvalue weighted by atomic mass is 9.89. The van der Waals surface area contributed by atoms with Gasteiger partial charge in [0.25, 0.3) is 0 Å². The summed E-state index contributed by atoms with van der Waals surface area (Å²) >= 11 is 0. The van der Waals surface area contributed by atoms with Crippen molar-refractivity contribution < 1.29 is 19.4 Å². The molecule has 5 nitrogen and oxygen atoms in total. The van der Waals surface area contributed by atoms with Gasteiger partial charge in [0.1, 0.15) is 5.75 Å². The molecule has 132 valence electrons. The third-order valence-corrected chi connectivity index (χ3v) is 5.07. The van der Waals surface area contributed by atoms with E-state index in [4.69, 9.17) is 9.47 Å². The van der Waals surface area contributed by atoms with Crippen molar-refractivity contribution in [2.45, 2.75) is 44.8 Å². The molecule has 0 spiro atoms. The van der Waals surface area contributed by atoms with Crippen LogP contribution in [-0.4, -0.2) is 54.4 Å². The van der Waals surface area contributed by atoms with Crippen molar-refractivity contribution in [3.63, 3.8) is 0 Å². The Hall–Kier alpha value is -1.59. The predicted molar refractivity (Wildman–Crippen MR) is 91.0 cm³/mol. The molecule has 0 saturated carbocycles. The van der Waals surface area contributed by atoms with E-state index in [1.807, 2.05) is 36.1 Å². The molecule has 1 amide bonds. The van der Waals surface area contributed by atoms with Crippen LogP contribution >= 0.6 is 0 Å². The highest BCUT2D eigenvalue weighted by atomic mass is 16.5. The molecular formula is C19H27NO4. The number of amides is 1. The van der Waals surface area contributed by atoms with E-state index in [1.54, 1.807) is 0 Å². The van der Waals surface area contributed by atoms with Crippen LogP contribution in [0.3, 0.4) is 0 Å². The minimum Gasteiger partial charge on any atom is -0.494 e. The van der Waals surface area contributed by atoms with Crippen LogP contribution in [0.2, 0.25) is 0 Å². The molecule has 2 aliphatic rings. The van der Waals surface area contributed by atoms with Crippen molar-refractivity contribution >= 4 is 5.91 Å². The van der Waals surface area contributed by atoms with Crippen molar-refractivity contribution in [1.82, 2.24) is 4.90 Å². The fraction of sp³-hybridized carbons (Fsp3) is 0.632. The van der Waals surface area contributed by atoms with Crippen molar-refractivity contribution in [3.8, 4) is 5.75 Å². The zero-order chi connectivity index (χ0) is 16.9. The number of likely N-dealkylation sites (tertiary alicyclic amines) is 1. The lowest BCUT2D eigenvalue weighted by Crippen LogP contribution is -2.48. The number of aliphatic hydroxyl groups excluding tert-OH is 1. The maximum Gasteiger partial charge on any atom is 0.227 e. The van der Waals surface area contributed by atoms with Crippen LogP contribution in [-0.2, 0) is 16.0 Å². The van der Waals surface area contributed by atoms with Gasteiger partial charge in [0.2, 0.25) is 5.91 Å². The number of hydrogen-bond donors (Lipinski definition) is 1. The molecule has 1 aromatic carbocycles. The first kappa shape index (κ1) is 17.2. The van der Waals surface area contributed by atoms with Gasteiger partial charge in [0.05, 0.1) is 25.7 Å². The second-order valence-corrected chi connectivity index (χ2v) is 6.65. The van der Waals surface area contributed by atoms with Crippen molar-refractivity contribution in [2.24, 2.45) is 5.92 Å². The van der Waals surface area contributed by atoms with E-state index in [1.165, 1.54) is 0 Å². The van der Waals surface area contributed by atoms with Crippen LogP contribution in [0, 0.1) is 5.92 Å². The Morgan fingerprint density at radius 2 is 2.12 bits per heavy atom. The molecule has 2 saturated heterocycles. The maximum absolute atomic E-state index is 12.8. The van der Waals surface area contributed by atoms with Gasteiger partial charge in [-0.05, 0) is 43.9 Å². The highest BCUT2D eigenvalue weighted by Crippen LogP contribution is 2.30. The molecule has 0 aliphatic carbocycles. The minimum absolute atomic E-state index is 0.0468. The Balaban J connectivity index is 1.62. The largest absolute Gasteiger partial charge is 0.494 e. The highest BCUT2D eigenvalue weighted by Gasteiger charge is 2.39. The summed E-state index contributed by atoms with van der Waals surface area (Å²) in [5.41, 5.74) is 0.995. The molecule has 0 radical (unpaired) electrons. The molecule has 5 heteroatoms. The van der Waals surface area contributed by atoms with Crippen LogP contribution in [0.5, 0.6) is 5.75 Å². The molecule has 1 N–H and O–H groups in total. The summed E-state index contributed by atoms with van der Waals surface area (Å²) in [6, 6.07) is 7.83. The van der Waals surface area contributed by atoms with Gasteiger partial charge in [-0.1, -0.05) is 12.1 Å². The lowest BCUT2D eigenvalue weighted by Gasteiger charge is -2.37. The topological polar surface area (TPSA) is 59.0 Å². The summed E-state index contributed by atoms with van der Waals surface area (Å²) in [7, 11) is 0. The second-order valence-electron chi connectivity index (χ2n) is 6.65. The van der Waals surface area contributed by atoms with E-state index in [2.05, 4.69) is 0 Å². The van der Waals surface area contributed by atoms with E-state index in [0.29, 0.717) is 32.7 Å². The van der Waals surface area contributed by atoms with Crippen LogP contribution in [0.4, 0.5) is 0 Å². The summed E-state index contributed by atoms with van der Waals surface area (Å²) < 4.78 is 11.0. The average Bonchev–Trinajstić information content (AvgIpc) is 3.07. The molecule has 0 unspecified atom stereocenters. The Labute approximate surface area is 143 Å². The molecular weight excluding hydrogens is 306 g/mol. The molecule has 1 aromatic rings. The first-order valence-electron chi connectivity index (χ1n) is 8.96. The number of aliphatic hydroxyl groups is 1. The molecule has 0 bridgehead atoms.